The van der Waals surface area contributed by atoms with E-state index in [1.54, 1.807) is 46.2 Å². The molecule has 1 aromatic heterocycles. The number of benzene rings is 3. The minimum atomic E-state index is -0.601. The molecule has 0 fully saturated rings. The number of aliphatic imine (C=N–C) groups is 1. The summed E-state index contributed by atoms with van der Waals surface area (Å²) < 4.78 is 8.57. The zero-order valence-corrected chi connectivity index (χ0v) is 34.6. The zero-order valence-electron chi connectivity index (χ0n) is 31.5. The van der Waals surface area contributed by atoms with E-state index < -0.39 is 11.7 Å². The van der Waals surface area contributed by atoms with Gasteiger partial charge >= 0.3 is 6.09 Å². The molecule has 0 saturated heterocycles. The first-order chi connectivity index (χ1) is 24.8. The maximum atomic E-state index is 11.3. The smallest absolute Gasteiger partial charge is 0.435 e. The Morgan fingerprint density at radius 3 is 1.65 bits per heavy atom. The van der Waals surface area contributed by atoms with E-state index in [-0.39, 0.29) is 0 Å². The Bertz CT molecular complexity index is 1760. The van der Waals surface area contributed by atoms with Gasteiger partial charge in [-0.25, -0.2) is 9.48 Å². The van der Waals surface area contributed by atoms with Gasteiger partial charge in [0.15, 0.2) is 0 Å². The monoisotopic (exact) mass is 830 g/mol. The van der Waals surface area contributed by atoms with Gasteiger partial charge in [-0.15, -0.1) is 0 Å². The average Bonchev–Trinajstić information content (AvgIpc) is 3.63. The molecule has 0 bridgehead atoms. The summed E-state index contributed by atoms with van der Waals surface area (Å²) in [5.74, 6) is 13.4. The van der Waals surface area contributed by atoms with Gasteiger partial charge in [-0.3, -0.25) is 0 Å². The summed E-state index contributed by atoms with van der Waals surface area (Å²) in [6.45, 7) is 18.4. The highest BCUT2D eigenvalue weighted by molar-refractivity contribution is 9.10. The van der Waals surface area contributed by atoms with Crippen molar-refractivity contribution < 1.29 is 9.53 Å². The third-order valence-electron chi connectivity index (χ3n) is 7.17. The predicted molar refractivity (Wildman–Crippen MR) is 223 cm³/mol. The first-order valence-electron chi connectivity index (χ1n) is 17.4. The van der Waals surface area contributed by atoms with E-state index in [0.29, 0.717) is 18.9 Å². The van der Waals surface area contributed by atoms with E-state index in [1.807, 2.05) is 36.4 Å². The average molecular weight is 833 g/mol. The molecule has 1 amide bonds. The molecular formula is C42H52Br2N6O2. The van der Waals surface area contributed by atoms with Crippen LogP contribution in [0.15, 0.2) is 93.1 Å². The number of ether oxygens (including phenoxy) is 1. The van der Waals surface area contributed by atoms with E-state index in [1.165, 1.54) is 35.4 Å². The van der Waals surface area contributed by atoms with Crippen molar-refractivity contribution in [2.45, 2.75) is 66.9 Å². The number of nitrogens with zero attached hydrogens (tertiary/aromatic N) is 4. The number of halogens is 2. The number of rotatable bonds is 7. The van der Waals surface area contributed by atoms with Crippen molar-refractivity contribution >= 4 is 43.8 Å². The van der Waals surface area contributed by atoms with E-state index in [4.69, 9.17) is 16.2 Å². The van der Waals surface area contributed by atoms with Gasteiger partial charge in [0.05, 0.1) is 0 Å². The second-order valence-electron chi connectivity index (χ2n) is 12.6. The second-order valence-corrected chi connectivity index (χ2v) is 14.4. The molecule has 0 saturated carbocycles. The van der Waals surface area contributed by atoms with Gasteiger partial charge in [-0.2, -0.15) is 10.1 Å². The summed E-state index contributed by atoms with van der Waals surface area (Å²) in [6, 6.07) is 22.1. The number of hydrogen-bond acceptors (Lipinski definition) is 6. The first-order valence-corrected chi connectivity index (χ1v) is 19.0. The Balaban J connectivity index is 0.000000352. The van der Waals surface area contributed by atoms with Gasteiger partial charge in [0.25, 0.3) is 0 Å². The van der Waals surface area contributed by atoms with Crippen molar-refractivity contribution in [1.29, 1.82) is 0 Å². The number of aromatic nitrogens is 2. The van der Waals surface area contributed by atoms with E-state index in [9.17, 15) is 4.79 Å². The van der Waals surface area contributed by atoms with Crippen LogP contribution in [-0.2, 0) is 17.6 Å². The molecule has 0 atom stereocenters. The Hall–Kier alpha value is -4.03. The molecular weight excluding hydrogens is 780 g/mol. The molecule has 0 unspecified atom stereocenters. The van der Waals surface area contributed by atoms with Crippen molar-refractivity contribution in [2.24, 2.45) is 16.5 Å². The van der Waals surface area contributed by atoms with Crippen LogP contribution in [0.2, 0.25) is 0 Å². The Morgan fingerprint density at radius 1 is 0.788 bits per heavy atom. The highest BCUT2D eigenvalue weighted by atomic mass is 79.9. The van der Waals surface area contributed by atoms with Gasteiger partial charge in [0.1, 0.15) is 11.4 Å². The first kappa shape index (κ1) is 44.1. The summed E-state index contributed by atoms with van der Waals surface area (Å²) in [4.78, 5) is 17.4. The van der Waals surface area contributed by atoms with Crippen molar-refractivity contribution in [1.82, 2.24) is 14.7 Å². The Morgan fingerprint density at radius 2 is 1.27 bits per heavy atom. The Kier molecular flexibility index (Phi) is 20.0. The van der Waals surface area contributed by atoms with Crippen LogP contribution in [0.4, 0.5) is 4.79 Å². The highest BCUT2D eigenvalue weighted by Crippen LogP contribution is 2.17. The summed E-state index contributed by atoms with van der Waals surface area (Å²) in [5.41, 5.74) is 17.0. The van der Waals surface area contributed by atoms with Crippen LogP contribution in [-0.4, -0.2) is 64.9 Å². The number of carbonyl (C=O) groups excluding carboxylic acids is 1. The lowest BCUT2D eigenvalue weighted by Gasteiger charge is -2.17. The summed E-state index contributed by atoms with van der Waals surface area (Å²) >= 11 is 7.09. The predicted octanol–water partition coefficient (Wildman–Crippen LogP) is 8.45. The molecule has 10 heteroatoms. The molecule has 4 N–H and O–H groups in total. The normalized spacial score (nSPS) is 10.8. The number of amides is 1. The van der Waals surface area contributed by atoms with Crippen molar-refractivity contribution in [3.8, 4) is 23.7 Å². The topological polar surface area (TPSA) is 112 Å². The molecule has 0 aliphatic rings. The van der Waals surface area contributed by atoms with E-state index in [0.717, 1.165) is 44.0 Å². The van der Waals surface area contributed by atoms with E-state index >= 15 is 0 Å². The summed E-state index contributed by atoms with van der Waals surface area (Å²) in [5, 5.41) is 3.94. The lowest BCUT2D eigenvalue weighted by molar-refractivity contribution is 0.0603. The molecule has 8 nitrogen and oxygen atoms in total. The van der Waals surface area contributed by atoms with Gasteiger partial charge < -0.3 is 21.1 Å². The van der Waals surface area contributed by atoms with Gasteiger partial charge in [-0.05, 0) is 145 Å². The van der Waals surface area contributed by atoms with Crippen molar-refractivity contribution in [3.63, 3.8) is 0 Å². The summed E-state index contributed by atoms with van der Waals surface area (Å²) in [6.07, 6.45) is 4.40. The minimum Gasteiger partial charge on any atom is -0.442 e. The van der Waals surface area contributed by atoms with Crippen LogP contribution in [0.5, 0.6) is 0 Å². The quantitative estimate of drug-likeness (QED) is 0.110. The lowest BCUT2D eigenvalue weighted by atomic mass is 10.1. The minimum absolute atomic E-state index is 0.481. The van der Waals surface area contributed by atoms with Crippen molar-refractivity contribution in [3.05, 3.63) is 121 Å². The third-order valence-corrected chi connectivity index (χ3v) is 8.09. The molecule has 0 aliphatic carbocycles. The highest BCUT2D eigenvalue weighted by Gasteiger charge is 2.15. The number of nitrogens with two attached hydrogens (primary N) is 2. The van der Waals surface area contributed by atoms with Crippen LogP contribution < -0.4 is 11.5 Å². The molecule has 0 radical (unpaired) electrons. The second kappa shape index (κ2) is 23.5. The maximum absolute atomic E-state index is 11.3. The van der Waals surface area contributed by atoms with Gasteiger partial charge in [0, 0.05) is 43.6 Å². The maximum Gasteiger partial charge on any atom is 0.435 e. The molecule has 52 heavy (non-hydrogen) atoms. The summed E-state index contributed by atoms with van der Waals surface area (Å²) in [7, 11) is 0. The fourth-order valence-corrected chi connectivity index (χ4v) is 5.71. The van der Waals surface area contributed by atoms with Crippen LogP contribution in [0, 0.1) is 23.7 Å². The van der Waals surface area contributed by atoms with E-state index in [2.05, 4.69) is 116 Å². The Labute approximate surface area is 327 Å². The van der Waals surface area contributed by atoms with Crippen LogP contribution >= 0.6 is 31.9 Å². The number of carbonyl (C=O) groups is 1. The van der Waals surface area contributed by atoms with Gasteiger partial charge in [0.2, 0.25) is 0 Å². The van der Waals surface area contributed by atoms with Gasteiger partial charge in [-0.1, -0.05) is 82.4 Å². The molecule has 0 aliphatic heterocycles. The van der Waals surface area contributed by atoms with Crippen molar-refractivity contribution in [2.75, 3.05) is 32.7 Å². The largest absolute Gasteiger partial charge is 0.442 e. The SMILES string of the molecule is CC(=NC(=O)OC(C)(C)C)n1cccn1.CCN(CC)CC.NCCc1cc(Br)cc(C#Cc2cccc(C#Cc3cc(Br)cc(CCN)c3)c2)c1. The molecule has 0 spiro atoms. The van der Waals surface area contributed by atoms with Crippen LogP contribution in [0.1, 0.15) is 81.8 Å². The molecule has 3 aromatic carbocycles. The third kappa shape index (κ3) is 17.9. The zero-order chi connectivity index (χ0) is 38.5. The molecule has 4 aromatic rings. The molecule has 276 valence electrons. The standard InChI is InChI=1S/C26H22Br2N2.C10H15N3O2.C6H15N/c27-25-15-21(13-23(17-25)8-10-29)6-4-19-2-1-3-20(12-19)5-7-22-14-24(9-11-30)18-26(28)16-22;1-8(13-7-5-6-11-13)12-9(14)15-10(2,3)4;1-4-7(5-2)6-3/h1-3,12-18H,8-11,29-30H2;5-7H,1-4H3;4-6H2,1-3H3. The molecule has 4 rings (SSSR count). The lowest BCUT2D eigenvalue weighted by Crippen LogP contribution is -2.23. The molecule has 1 heterocycles. The fraction of sp³-hybridized carbons (Fsp3) is 0.357. The van der Waals surface area contributed by atoms with Crippen LogP contribution in [0.25, 0.3) is 0 Å². The van der Waals surface area contributed by atoms with Crippen LogP contribution in [0.3, 0.4) is 0 Å². The fourth-order valence-electron chi connectivity index (χ4n) is 4.63. The number of hydrogen-bond donors (Lipinski definition) is 2.